The third-order valence-electron chi connectivity index (χ3n) is 2.67. The van der Waals surface area contributed by atoms with Crippen LogP contribution in [0.4, 0.5) is 23.0 Å². The number of aromatic nitrogens is 4. The largest absolute Gasteiger partial charge is 0.470 e. The molecule has 0 fully saturated rings. The first-order valence-electron chi connectivity index (χ1n) is 5.42. The minimum Gasteiger partial charge on any atom is -0.358 e. The van der Waals surface area contributed by atoms with Gasteiger partial charge in [-0.05, 0) is 9.85 Å². The molecule has 0 aliphatic rings. The molecule has 2 aromatic rings. The van der Waals surface area contributed by atoms with Crippen molar-refractivity contribution in [2.24, 2.45) is 0 Å². The predicted octanol–water partition coefficient (Wildman–Crippen LogP) is -1.19. The third kappa shape index (κ3) is 2.15. The molecule has 24 heavy (non-hydrogen) atoms. The molecule has 18 nitrogen and oxygen atoms in total. The molecule has 0 unspecified atom stereocenters. The summed E-state index contributed by atoms with van der Waals surface area (Å²) in [5.41, 5.74) is -4.68. The summed E-state index contributed by atoms with van der Waals surface area (Å²) in [7, 11) is 0. The molecule has 2 aromatic heterocycles. The van der Waals surface area contributed by atoms with Crippen molar-refractivity contribution in [2.45, 2.75) is 0 Å². The van der Waals surface area contributed by atoms with Crippen LogP contribution in [0, 0.1) is 40.5 Å². The molecule has 0 radical (unpaired) electrons. The van der Waals surface area contributed by atoms with E-state index in [1.807, 2.05) is 0 Å². The highest BCUT2D eigenvalue weighted by Gasteiger charge is 2.47. The Labute approximate surface area is 127 Å². The van der Waals surface area contributed by atoms with E-state index in [0.29, 0.717) is 0 Å². The number of nitro groups is 4. The molecule has 0 aliphatic heterocycles. The Bertz CT molecular complexity index is 835. The summed E-state index contributed by atoms with van der Waals surface area (Å²) >= 11 is 0. The minimum absolute atomic E-state index is 0.0768. The Balaban J connectivity index is 2.98. The lowest BCUT2D eigenvalue weighted by atomic mass is 10.2. The van der Waals surface area contributed by atoms with E-state index in [4.69, 9.17) is 11.7 Å². The van der Waals surface area contributed by atoms with Crippen molar-refractivity contribution >= 4 is 23.0 Å². The van der Waals surface area contributed by atoms with Crippen LogP contribution in [-0.4, -0.2) is 39.5 Å². The molecule has 0 spiro atoms. The molecule has 18 heteroatoms. The molecule has 126 valence electrons. The monoisotopic (exact) mass is 344 g/mol. The number of nitrogens with two attached hydrogens (primary N) is 2. The zero-order valence-corrected chi connectivity index (χ0v) is 11.0. The normalized spacial score (nSPS) is 10.5. The van der Waals surface area contributed by atoms with Gasteiger partial charge in [-0.25, -0.2) is 0 Å². The molecule has 0 saturated carbocycles. The number of nitrogen functional groups attached to an aromatic ring is 2. The van der Waals surface area contributed by atoms with Gasteiger partial charge in [-0.3, -0.25) is 20.2 Å². The molecule has 0 aromatic carbocycles. The van der Waals surface area contributed by atoms with E-state index in [0.717, 1.165) is 0 Å². The second-order valence-electron chi connectivity index (χ2n) is 3.96. The van der Waals surface area contributed by atoms with Crippen LogP contribution in [0.3, 0.4) is 0 Å². The molecular formula is C6H4N10O8. The summed E-state index contributed by atoms with van der Waals surface area (Å²) in [6.07, 6.45) is 0. The molecular weight excluding hydrogens is 340 g/mol. The summed E-state index contributed by atoms with van der Waals surface area (Å²) in [5.74, 6) is 7.89. The van der Waals surface area contributed by atoms with E-state index in [2.05, 4.69) is 10.2 Å². The van der Waals surface area contributed by atoms with E-state index < -0.39 is 54.1 Å². The van der Waals surface area contributed by atoms with Crippen molar-refractivity contribution in [1.82, 2.24) is 19.8 Å². The van der Waals surface area contributed by atoms with Crippen LogP contribution in [0.2, 0.25) is 0 Å². The van der Waals surface area contributed by atoms with Crippen molar-refractivity contribution in [1.29, 1.82) is 0 Å². The molecule has 2 heterocycles. The summed E-state index contributed by atoms with van der Waals surface area (Å²) in [6.45, 7) is 0. The quantitative estimate of drug-likeness (QED) is 0.368. The number of hydrogen-bond acceptors (Lipinski definition) is 12. The third-order valence-corrected chi connectivity index (χ3v) is 2.67. The summed E-state index contributed by atoms with van der Waals surface area (Å²) in [4.78, 5) is 38.9. The van der Waals surface area contributed by atoms with Gasteiger partial charge in [0, 0.05) is 0 Å². The maximum absolute atomic E-state index is 11.1. The van der Waals surface area contributed by atoms with E-state index in [1.54, 1.807) is 0 Å². The number of rotatable bonds is 5. The first kappa shape index (κ1) is 16.0. The highest BCUT2D eigenvalue weighted by atomic mass is 16.6. The van der Waals surface area contributed by atoms with Crippen molar-refractivity contribution < 1.29 is 19.7 Å². The van der Waals surface area contributed by atoms with Gasteiger partial charge in [0.1, 0.15) is 0 Å². The fourth-order valence-corrected chi connectivity index (χ4v) is 1.85. The van der Waals surface area contributed by atoms with Gasteiger partial charge in [0.25, 0.3) is 0 Å². The van der Waals surface area contributed by atoms with Crippen molar-refractivity contribution in [3.05, 3.63) is 40.5 Å². The van der Waals surface area contributed by atoms with Gasteiger partial charge < -0.3 is 31.9 Å². The van der Waals surface area contributed by atoms with Crippen LogP contribution >= 0.6 is 0 Å². The Morgan fingerprint density at radius 1 is 0.667 bits per heavy atom. The highest BCUT2D eigenvalue weighted by molar-refractivity contribution is 5.82. The predicted molar refractivity (Wildman–Crippen MR) is 70.4 cm³/mol. The van der Waals surface area contributed by atoms with Gasteiger partial charge in [0.15, 0.2) is 0 Å². The number of hydrogen-bond donors (Lipinski definition) is 2. The average molecular weight is 344 g/mol. The molecule has 0 saturated heterocycles. The molecule has 0 bridgehead atoms. The van der Waals surface area contributed by atoms with Gasteiger partial charge in [-0.2, -0.15) is 0 Å². The Kier molecular flexibility index (Phi) is 3.41. The van der Waals surface area contributed by atoms with Crippen molar-refractivity contribution in [3.8, 4) is 11.4 Å². The topological polar surface area (TPSA) is 260 Å². The van der Waals surface area contributed by atoms with Gasteiger partial charge in [0.05, 0.1) is 20.0 Å². The van der Waals surface area contributed by atoms with E-state index in [9.17, 15) is 40.5 Å². The van der Waals surface area contributed by atoms with Crippen LogP contribution in [0.5, 0.6) is 0 Å². The SMILES string of the molecule is Nn1nc([N+](=O)[O-])c([N+](=O)[O-])c1-c1c([N+](=O)[O-])c([N+](=O)[O-])nn1N. The molecule has 0 amide bonds. The fourth-order valence-electron chi connectivity index (χ4n) is 1.85. The standard InChI is InChI=1S/C6H4N10O8/c7-11-1(3(13(17)18)5(9-11)15(21)22)2-4(14(19)20)6(16(23)24)10-12(2)8/h7-8H2. The highest BCUT2D eigenvalue weighted by Crippen LogP contribution is 2.42. The summed E-state index contributed by atoms with van der Waals surface area (Å²) < 4.78 is 0. The van der Waals surface area contributed by atoms with Crippen LogP contribution < -0.4 is 11.7 Å². The minimum atomic E-state index is -1.34. The van der Waals surface area contributed by atoms with E-state index >= 15 is 0 Å². The maximum Gasteiger partial charge on any atom is 0.470 e. The zero-order chi connectivity index (χ0) is 18.3. The van der Waals surface area contributed by atoms with Gasteiger partial charge in [-0.15, -0.1) is 0 Å². The van der Waals surface area contributed by atoms with Gasteiger partial charge >= 0.3 is 23.0 Å². The second kappa shape index (κ2) is 5.11. The lowest BCUT2D eigenvalue weighted by Crippen LogP contribution is -2.18. The Hall–Kier alpha value is -4.38. The molecule has 2 rings (SSSR count). The fraction of sp³-hybridized carbons (Fsp3) is 0. The van der Waals surface area contributed by atoms with Crippen LogP contribution in [0.25, 0.3) is 11.4 Å². The lowest BCUT2D eigenvalue weighted by Gasteiger charge is -1.96. The summed E-state index contributed by atoms with van der Waals surface area (Å²) in [5, 5.41) is 49.9. The zero-order valence-electron chi connectivity index (χ0n) is 11.0. The first-order chi connectivity index (χ1) is 11.1. The van der Waals surface area contributed by atoms with Crippen molar-refractivity contribution in [3.63, 3.8) is 0 Å². The van der Waals surface area contributed by atoms with Gasteiger partial charge in [-0.1, -0.05) is 9.58 Å². The first-order valence-corrected chi connectivity index (χ1v) is 5.42. The van der Waals surface area contributed by atoms with Crippen LogP contribution in [-0.2, 0) is 0 Å². The summed E-state index contributed by atoms with van der Waals surface area (Å²) in [6, 6.07) is 0. The van der Waals surface area contributed by atoms with Crippen LogP contribution in [0.15, 0.2) is 0 Å². The Morgan fingerprint density at radius 3 is 1.17 bits per heavy atom. The van der Waals surface area contributed by atoms with E-state index in [-0.39, 0.29) is 9.58 Å². The Morgan fingerprint density at radius 2 is 0.958 bits per heavy atom. The van der Waals surface area contributed by atoms with Gasteiger partial charge in [0.2, 0.25) is 11.4 Å². The lowest BCUT2D eigenvalue weighted by molar-refractivity contribution is -0.425. The average Bonchev–Trinajstić information content (AvgIpc) is 2.96. The number of nitrogens with zero attached hydrogens (tertiary/aromatic N) is 8. The van der Waals surface area contributed by atoms with E-state index in [1.165, 1.54) is 0 Å². The van der Waals surface area contributed by atoms with Crippen molar-refractivity contribution in [2.75, 3.05) is 11.7 Å². The molecule has 0 atom stereocenters. The molecule has 4 N–H and O–H groups in total. The smallest absolute Gasteiger partial charge is 0.358 e. The molecule has 0 aliphatic carbocycles. The maximum atomic E-state index is 11.1. The van der Waals surface area contributed by atoms with Crippen LogP contribution in [0.1, 0.15) is 0 Å². The second-order valence-corrected chi connectivity index (χ2v) is 3.96.